The first-order chi connectivity index (χ1) is 9.88. The van der Waals surface area contributed by atoms with Crippen molar-refractivity contribution in [2.45, 2.75) is 26.3 Å². The Morgan fingerprint density at radius 1 is 1.38 bits per heavy atom. The maximum absolute atomic E-state index is 12.2. The van der Waals surface area contributed by atoms with Crippen LogP contribution in [0.4, 0.5) is 5.69 Å². The number of carbonyl (C=O) groups excluding carboxylic acids is 2. The van der Waals surface area contributed by atoms with Gasteiger partial charge in [-0.15, -0.1) is 0 Å². The normalized spacial score (nSPS) is 15.0. The molecule has 0 spiro atoms. The van der Waals surface area contributed by atoms with Gasteiger partial charge in [-0.1, -0.05) is 19.9 Å². The van der Waals surface area contributed by atoms with Crippen LogP contribution in [0.2, 0.25) is 0 Å². The highest BCUT2D eigenvalue weighted by Gasteiger charge is 2.20. The zero-order chi connectivity index (χ0) is 15.6. The molecule has 2 N–H and O–H groups in total. The molecular formula is C16H23N3O2. The molecule has 114 valence electrons. The van der Waals surface area contributed by atoms with Gasteiger partial charge in [0.15, 0.2) is 0 Å². The van der Waals surface area contributed by atoms with Gasteiger partial charge in [-0.3, -0.25) is 9.59 Å². The summed E-state index contributed by atoms with van der Waals surface area (Å²) in [6, 6.07) is 5.65. The van der Waals surface area contributed by atoms with E-state index in [-0.39, 0.29) is 11.8 Å². The molecule has 0 radical (unpaired) electrons. The lowest BCUT2D eigenvalue weighted by atomic mass is 10.0. The molecule has 0 saturated carbocycles. The van der Waals surface area contributed by atoms with Gasteiger partial charge < -0.3 is 15.5 Å². The minimum atomic E-state index is -0.105. The molecule has 0 aliphatic carbocycles. The van der Waals surface area contributed by atoms with Crippen LogP contribution >= 0.6 is 0 Å². The number of amides is 2. The van der Waals surface area contributed by atoms with E-state index in [2.05, 4.69) is 29.4 Å². The molecule has 1 aliphatic rings. The molecule has 1 atom stereocenters. The van der Waals surface area contributed by atoms with Crippen LogP contribution in [-0.4, -0.2) is 43.4 Å². The number of hydrogen-bond donors (Lipinski definition) is 2. The van der Waals surface area contributed by atoms with Crippen LogP contribution in [0.1, 0.15) is 29.8 Å². The fourth-order valence-corrected chi connectivity index (χ4v) is 2.67. The van der Waals surface area contributed by atoms with Crippen LogP contribution in [0.25, 0.3) is 0 Å². The Morgan fingerprint density at radius 2 is 2.10 bits per heavy atom. The SMILES string of the molecule is CC(C)C(CNC(=O)c1ccc2c(c1)NC(=O)C2)N(C)C. The van der Waals surface area contributed by atoms with E-state index >= 15 is 0 Å². The third kappa shape index (κ3) is 3.61. The summed E-state index contributed by atoms with van der Waals surface area (Å²) in [6.45, 7) is 4.89. The molecule has 1 aromatic rings. The van der Waals surface area contributed by atoms with Crippen molar-refractivity contribution in [3.8, 4) is 0 Å². The molecule has 2 amide bonds. The highest BCUT2D eigenvalue weighted by molar-refractivity contribution is 6.02. The molecule has 0 aromatic heterocycles. The lowest BCUT2D eigenvalue weighted by molar-refractivity contribution is -0.115. The molecule has 1 unspecified atom stereocenters. The second-order valence-corrected chi connectivity index (χ2v) is 6.08. The highest BCUT2D eigenvalue weighted by atomic mass is 16.2. The van der Waals surface area contributed by atoms with E-state index in [0.29, 0.717) is 30.5 Å². The summed E-state index contributed by atoms with van der Waals surface area (Å²) < 4.78 is 0. The third-order valence-electron chi connectivity index (χ3n) is 3.90. The summed E-state index contributed by atoms with van der Waals surface area (Å²) in [7, 11) is 4.03. The molecule has 0 saturated heterocycles. The summed E-state index contributed by atoms with van der Waals surface area (Å²) >= 11 is 0. The molecule has 5 heteroatoms. The summed E-state index contributed by atoms with van der Waals surface area (Å²) in [5, 5.41) is 5.74. The van der Waals surface area contributed by atoms with Gasteiger partial charge in [0.25, 0.3) is 5.91 Å². The van der Waals surface area contributed by atoms with Gasteiger partial charge >= 0.3 is 0 Å². The predicted octanol–water partition coefficient (Wildman–Crippen LogP) is 1.50. The second-order valence-electron chi connectivity index (χ2n) is 6.08. The second kappa shape index (κ2) is 6.26. The first-order valence-corrected chi connectivity index (χ1v) is 7.26. The van der Waals surface area contributed by atoms with Crippen molar-refractivity contribution in [2.75, 3.05) is 26.0 Å². The fourth-order valence-electron chi connectivity index (χ4n) is 2.67. The van der Waals surface area contributed by atoms with Crippen LogP contribution in [-0.2, 0) is 11.2 Å². The molecule has 0 fully saturated rings. The van der Waals surface area contributed by atoms with Crippen molar-refractivity contribution in [3.05, 3.63) is 29.3 Å². The lowest BCUT2D eigenvalue weighted by Gasteiger charge is -2.28. The average molecular weight is 289 g/mol. The monoisotopic (exact) mass is 289 g/mol. The van der Waals surface area contributed by atoms with Gasteiger partial charge in [0.2, 0.25) is 5.91 Å². The number of nitrogens with zero attached hydrogens (tertiary/aromatic N) is 1. The maximum Gasteiger partial charge on any atom is 0.251 e. The number of likely N-dealkylation sites (N-methyl/N-ethyl adjacent to an activating group) is 1. The van der Waals surface area contributed by atoms with Gasteiger partial charge in [-0.05, 0) is 37.7 Å². The Balaban J connectivity index is 2.01. The van der Waals surface area contributed by atoms with Crippen molar-refractivity contribution in [1.82, 2.24) is 10.2 Å². The van der Waals surface area contributed by atoms with Crippen molar-refractivity contribution in [1.29, 1.82) is 0 Å². The number of fused-ring (bicyclic) bond motifs is 1. The molecule has 1 aliphatic heterocycles. The molecule has 0 bridgehead atoms. The topological polar surface area (TPSA) is 61.4 Å². The third-order valence-corrected chi connectivity index (χ3v) is 3.90. The van der Waals surface area contributed by atoms with Gasteiger partial charge in [0.1, 0.15) is 0 Å². The zero-order valence-corrected chi connectivity index (χ0v) is 13.1. The van der Waals surface area contributed by atoms with Gasteiger partial charge in [0.05, 0.1) is 6.42 Å². The first-order valence-electron chi connectivity index (χ1n) is 7.26. The van der Waals surface area contributed by atoms with Crippen molar-refractivity contribution < 1.29 is 9.59 Å². The summed E-state index contributed by atoms with van der Waals surface area (Å²) in [6.07, 6.45) is 0.396. The summed E-state index contributed by atoms with van der Waals surface area (Å²) in [5.41, 5.74) is 2.28. The van der Waals surface area contributed by atoms with Crippen LogP contribution in [0.15, 0.2) is 18.2 Å². The molecule has 1 heterocycles. The van der Waals surface area contributed by atoms with Crippen LogP contribution in [0.5, 0.6) is 0 Å². The maximum atomic E-state index is 12.2. The Bertz CT molecular complexity index is 544. The predicted molar refractivity (Wildman–Crippen MR) is 83.4 cm³/mol. The number of carbonyl (C=O) groups is 2. The fraction of sp³-hybridized carbons (Fsp3) is 0.500. The van der Waals surface area contributed by atoms with E-state index in [0.717, 1.165) is 11.3 Å². The van der Waals surface area contributed by atoms with Gasteiger partial charge in [0, 0.05) is 23.8 Å². The minimum Gasteiger partial charge on any atom is -0.350 e. The standard InChI is InChI=1S/C16H23N3O2/c1-10(2)14(19(3)4)9-17-16(21)12-6-5-11-8-15(20)18-13(11)7-12/h5-7,10,14H,8-9H2,1-4H3,(H,17,21)(H,18,20). The van der Waals surface area contributed by atoms with Crippen molar-refractivity contribution in [2.24, 2.45) is 5.92 Å². The van der Waals surface area contributed by atoms with Crippen LogP contribution in [0.3, 0.4) is 0 Å². The Hall–Kier alpha value is -1.88. The summed E-state index contributed by atoms with van der Waals surface area (Å²) in [5.74, 6) is 0.334. The van der Waals surface area contributed by atoms with E-state index in [1.54, 1.807) is 12.1 Å². The van der Waals surface area contributed by atoms with E-state index in [4.69, 9.17) is 0 Å². The molecule has 1 aromatic carbocycles. The quantitative estimate of drug-likeness (QED) is 0.863. The van der Waals surface area contributed by atoms with E-state index in [1.165, 1.54) is 0 Å². The Morgan fingerprint density at radius 3 is 2.71 bits per heavy atom. The number of anilines is 1. The van der Waals surface area contributed by atoms with Crippen molar-refractivity contribution >= 4 is 17.5 Å². The number of benzene rings is 1. The zero-order valence-electron chi connectivity index (χ0n) is 13.1. The number of hydrogen-bond acceptors (Lipinski definition) is 3. The van der Waals surface area contributed by atoms with Crippen LogP contribution in [0, 0.1) is 5.92 Å². The van der Waals surface area contributed by atoms with Gasteiger partial charge in [-0.2, -0.15) is 0 Å². The van der Waals surface area contributed by atoms with Gasteiger partial charge in [-0.25, -0.2) is 0 Å². The smallest absolute Gasteiger partial charge is 0.251 e. The molecular weight excluding hydrogens is 266 g/mol. The Kier molecular flexibility index (Phi) is 4.63. The van der Waals surface area contributed by atoms with Crippen molar-refractivity contribution in [3.63, 3.8) is 0 Å². The lowest BCUT2D eigenvalue weighted by Crippen LogP contribution is -2.43. The van der Waals surface area contributed by atoms with E-state index in [9.17, 15) is 9.59 Å². The van der Waals surface area contributed by atoms with E-state index in [1.807, 2.05) is 20.2 Å². The van der Waals surface area contributed by atoms with E-state index < -0.39 is 0 Å². The number of nitrogens with one attached hydrogen (secondary N) is 2. The molecule has 21 heavy (non-hydrogen) atoms. The van der Waals surface area contributed by atoms with Crippen LogP contribution < -0.4 is 10.6 Å². The largest absolute Gasteiger partial charge is 0.350 e. The first kappa shape index (κ1) is 15.5. The summed E-state index contributed by atoms with van der Waals surface area (Å²) in [4.78, 5) is 25.7. The molecule has 2 rings (SSSR count). The minimum absolute atomic E-state index is 0.0185. The number of rotatable bonds is 5. The average Bonchev–Trinajstić information content (AvgIpc) is 2.76. The molecule has 5 nitrogen and oxygen atoms in total. The highest BCUT2D eigenvalue weighted by Crippen LogP contribution is 2.23. The Labute approximate surface area is 125 Å².